The maximum atomic E-state index is 12.5. The number of hydrogen-bond donors (Lipinski definition) is 1. The number of rotatable bonds is 5. The highest BCUT2D eigenvalue weighted by atomic mass is 32.1. The summed E-state index contributed by atoms with van der Waals surface area (Å²) >= 11 is 1.47. The van der Waals surface area contributed by atoms with E-state index >= 15 is 0 Å². The number of fused-ring (bicyclic) bond motifs is 1. The van der Waals surface area contributed by atoms with Gasteiger partial charge in [0.25, 0.3) is 5.91 Å². The minimum absolute atomic E-state index is 0.206. The zero-order chi connectivity index (χ0) is 19.7. The molecule has 28 heavy (non-hydrogen) atoms. The molecule has 0 atom stereocenters. The minimum Gasteiger partial charge on any atom is -0.487 e. The molecule has 6 nitrogen and oxygen atoms in total. The number of thiazole rings is 1. The maximum Gasteiger partial charge on any atom is 0.257 e. The van der Waals surface area contributed by atoms with Crippen LogP contribution in [0, 0.1) is 20.8 Å². The molecule has 0 fully saturated rings. The van der Waals surface area contributed by atoms with Crippen LogP contribution in [-0.2, 0) is 6.61 Å². The molecule has 142 valence electrons. The van der Waals surface area contributed by atoms with Gasteiger partial charge in [-0.25, -0.2) is 9.97 Å². The molecule has 0 aliphatic heterocycles. The van der Waals surface area contributed by atoms with Crippen molar-refractivity contribution in [3.8, 4) is 5.75 Å². The van der Waals surface area contributed by atoms with Crippen molar-refractivity contribution in [3.63, 3.8) is 0 Å². The second-order valence-electron chi connectivity index (χ2n) is 6.64. The summed E-state index contributed by atoms with van der Waals surface area (Å²) in [6.45, 7) is 6.28. The summed E-state index contributed by atoms with van der Waals surface area (Å²) in [5, 5.41) is 3.44. The Labute approximate surface area is 166 Å². The number of aromatic nitrogens is 3. The average Bonchev–Trinajstić information content (AvgIpc) is 3.22. The minimum atomic E-state index is -0.206. The number of nitrogens with one attached hydrogen (secondary N) is 1. The molecule has 0 radical (unpaired) electrons. The summed E-state index contributed by atoms with van der Waals surface area (Å²) < 4.78 is 7.83. The zero-order valence-electron chi connectivity index (χ0n) is 15.9. The Morgan fingerprint density at radius 1 is 1.14 bits per heavy atom. The van der Waals surface area contributed by atoms with Gasteiger partial charge in [-0.15, -0.1) is 11.3 Å². The summed E-state index contributed by atoms with van der Waals surface area (Å²) in [7, 11) is 0. The van der Waals surface area contributed by atoms with E-state index in [1.54, 1.807) is 18.2 Å². The van der Waals surface area contributed by atoms with Crippen molar-refractivity contribution < 1.29 is 9.53 Å². The number of hydrogen-bond acceptors (Lipinski definition) is 5. The second-order valence-corrected chi connectivity index (χ2v) is 7.84. The van der Waals surface area contributed by atoms with Crippen LogP contribution < -0.4 is 10.1 Å². The molecule has 7 heteroatoms. The van der Waals surface area contributed by atoms with Crippen molar-refractivity contribution in [2.75, 3.05) is 5.32 Å². The normalized spacial score (nSPS) is 11.0. The lowest BCUT2D eigenvalue weighted by molar-refractivity contribution is 0.102. The first-order chi connectivity index (χ1) is 13.5. The zero-order valence-corrected chi connectivity index (χ0v) is 16.7. The first-order valence-electron chi connectivity index (χ1n) is 8.90. The van der Waals surface area contributed by atoms with E-state index in [9.17, 15) is 4.79 Å². The largest absolute Gasteiger partial charge is 0.487 e. The summed E-state index contributed by atoms with van der Waals surface area (Å²) in [6.07, 6.45) is 3.98. The predicted molar refractivity (Wildman–Crippen MR) is 110 cm³/mol. The Kier molecular flexibility index (Phi) is 4.83. The molecule has 0 saturated carbocycles. The molecule has 0 aliphatic carbocycles. The van der Waals surface area contributed by atoms with E-state index < -0.39 is 0 Å². The van der Waals surface area contributed by atoms with Crippen LogP contribution >= 0.6 is 11.3 Å². The number of imidazole rings is 1. The smallest absolute Gasteiger partial charge is 0.257 e. The third-order valence-electron chi connectivity index (χ3n) is 4.38. The summed E-state index contributed by atoms with van der Waals surface area (Å²) in [5.74, 6) is 0.412. The summed E-state index contributed by atoms with van der Waals surface area (Å²) in [5.41, 5.74) is 4.33. The number of carbonyl (C=O) groups excluding carboxylic acids is 1. The van der Waals surface area contributed by atoms with Gasteiger partial charge < -0.3 is 9.14 Å². The van der Waals surface area contributed by atoms with Crippen LogP contribution in [0.25, 0.3) is 5.65 Å². The highest BCUT2D eigenvalue weighted by molar-refractivity contribution is 7.15. The number of ether oxygens (including phenoxy) is 1. The molecular weight excluding hydrogens is 372 g/mol. The van der Waals surface area contributed by atoms with E-state index in [0.29, 0.717) is 23.1 Å². The summed E-state index contributed by atoms with van der Waals surface area (Å²) in [6, 6.07) is 11.1. The van der Waals surface area contributed by atoms with Crippen LogP contribution in [0.15, 0.2) is 48.8 Å². The predicted octanol–water partition coefficient (Wildman–Crippen LogP) is 4.55. The van der Waals surface area contributed by atoms with Crippen molar-refractivity contribution in [3.05, 3.63) is 76.2 Å². The van der Waals surface area contributed by atoms with Crippen LogP contribution in [0.4, 0.5) is 5.13 Å². The average molecular weight is 392 g/mol. The number of amides is 1. The second kappa shape index (κ2) is 7.44. The van der Waals surface area contributed by atoms with Crippen molar-refractivity contribution in [2.24, 2.45) is 0 Å². The summed E-state index contributed by atoms with van der Waals surface area (Å²) in [4.78, 5) is 22.5. The van der Waals surface area contributed by atoms with Crippen molar-refractivity contribution in [1.29, 1.82) is 0 Å². The van der Waals surface area contributed by atoms with Gasteiger partial charge >= 0.3 is 0 Å². The highest BCUT2D eigenvalue weighted by Gasteiger charge is 2.11. The first-order valence-corrected chi connectivity index (χ1v) is 9.72. The van der Waals surface area contributed by atoms with Gasteiger partial charge in [0.05, 0.1) is 11.4 Å². The molecule has 1 N–H and O–H groups in total. The number of aryl methyl sites for hydroxylation is 3. The van der Waals surface area contributed by atoms with Gasteiger partial charge in [0.15, 0.2) is 5.13 Å². The van der Waals surface area contributed by atoms with E-state index in [2.05, 4.69) is 15.3 Å². The fourth-order valence-electron chi connectivity index (χ4n) is 2.80. The van der Waals surface area contributed by atoms with E-state index in [4.69, 9.17) is 4.74 Å². The topological polar surface area (TPSA) is 68.5 Å². The molecule has 3 aromatic heterocycles. The Hall–Kier alpha value is -3.19. The molecule has 4 rings (SSSR count). The molecule has 0 unspecified atom stereocenters. The highest BCUT2D eigenvalue weighted by Crippen LogP contribution is 2.22. The standard InChI is InChI=1S/C21H20N4O2S/c1-13-7-8-19-23-17(11-25(19)10-13)12-27-18-6-4-5-16(9-18)20(26)24-21-22-14(2)15(3)28-21/h4-11H,12H2,1-3H3,(H,22,24,26). The fraction of sp³-hybridized carbons (Fsp3) is 0.190. The Bertz CT molecular complexity index is 1140. The molecule has 0 spiro atoms. The van der Waals surface area contributed by atoms with Crippen LogP contribution in [-0.4, -0.2) is 20.3 Å². The SMILES string of the molecule is Cc1ccc2nc(COc3cccc(C(=O)Nc4nc(C)c(C)s4)c3)cn2c1. The van der Waals surface area contributed by atoms with Crippen LogP contribution in [0.2, 0.25) is 0 Å². The number of carbonyl (C=O) groups is 1. The molecule has 4 aromatic rings. The van der Waals surface area contributed by atoms with Gasteiger partial charge in [-0.2, -0.15) is 0 Å². The van der Waals surface area contributed by atoms with Crippen molar-refractivity contribution in [1.82, 2.24) is 14.4 Å². The first kappa shape index (κ1) is 18.2. The lowest BCUT2D eigenvalue weighted by atomic mass is 10.2. The molecule has 0 bridgehead atoms. The van der Waals surface area contributed by atoms with Crippen LogP contribution in [0.5, 0.6) is 5.75 Å². The molecule has 1 aromatic carbocycles. The number of nitrogens with zero attached hydrogens (tertiary/aromatic N) is 3. The van der Waals surface area contributed by atoms with E-state index in [-0.39, 0.29) is 5.91 Å². The van der Waals surface area contributed by atoms with E-state index in [1.807, 2.05) is 55.8 Å². The van der Waals surface area contributed by atoms with Crippen LogP contribution in [0.1, 0.15) is 32.2 Å². The van der Waals surface area contributed by atoms with Gasteiger partial charge in [-0.3, -0.25) is 10.1 Å². The molecule has 3 heterocycles. The Morgan fingerprint density at radius 2 is 2.00 bits per heavy atom. The van der Waals surface area contributed by atoms with Gasteiger partial charge in [0.1, 0.15) is 18.0 Å². The molecular formula is C21H20N4O2S. The third kappa shape index (κ3) is 3.89. The lowest BCUT2D eigenvalue weighted by Gasteiger charge is -2.06. The Balaban J connectivity index is 1.44. The van der Waals surface area contributed by atoms with Crippen LogP contribution in [0.3, 0.4) is 0 Å². The number of anilines is 1. The lowest BCUT2D eigenvalue weighted by Crippen LogP contribution is -2.11. The molecule has 0 saturated heterocycles. The number of benzene rings is 1. The quantitative estimate of drug-likeness (QED) is 0.541. The molecule has 0 aliphatic rings. The Morgan fingerprint density at radius 3 is 2.79 bits per heavy atom. The molecule has 1 amide bonds. The number of pyridine rings is 1. The van der Waals surface area contributed by atoms with Gasteiger partial charge in [0, 0.05) is 22.8 Å². The monoisotopic (exact) mass is 392 g/mol. The van der Waals surface area contributed by atoms with Crippen molar-refractivity contribution >= 4 is 28.0 Å². The maximum absolute atomic E-state index is 12.5. The third-order valence-corrected chi connectivity index (χ3v) is 5.37. The van der Waals surface area contributed by atoms with Crippen molar-refractivity contribution in [2.45, 2.75) is 27.4 Å². The van der Waals surface area contributed by atoms with E-state index in [1.165, 1.54) is 16.9 Å². The van der Waals surface area contributed by atoms with Gasteiger partial charge in [-0.05, 0) is 50.6 Å². The van der Waals surface area contributed by atoms with Gasteiger partial charge in [0.2, 0.25) is 0 Å². The van der Waals surface area contributed by atoms with Gasteiger partial charge in [-0.1, -0.05) is 12.1 Å². The fourth-order valence-corrected chi connectivity index (χ4v) is 3.61. The van der Waals surface area contributed by atoms with E-state index in [0.717, 1.165) is 21.9 Å².